The predicted octanol–water partition coefficient (Wildman–Crippen LogP) is 4.93. The molecule has 0 bridgehead atoms. The Morgan fingerprint density at radius 3 is 2.45 bits per heavy atom. The van der Waals surface area contributed by atoms with Gasteiger partial charge in [-0.3, -0.25) is 4.90 Å². The normalized spacial score (nSPS) is 19.5. The quantitative estimate of drug-likeness (QED) is 0.508. The average Bonchev–Trinajstić information content (AvgIpc) is 3.09. The zero-order chi connectivity index (χ0) is 23.3. The molecule has 3 heterocycles. The molecule has 1 saturated heterocycles. The molecule has 0 amide bonds. The van der Waals surface area contributed by atoms with Crippen molar-refractivity contribution in [3.05, 3.63) is 64.6 Å². The molecule has 2 aliphatic rings. The third kappa shape index (κ3) is 4.08. The molecule has 0 aliphatic carbocycles. The van der Waals surface area contributed by atoms with Crippen LogP contribution in [0.2, 0.25) is 0 Å². The van der Waals surface area contributed by atoms with Gasteiger partial charge in [0.2, 0.25) is 0 Å². The van der Waals surface area contributed by atoms with Crippen molar-refractivity contribution in [2.45, 2.75) is 37.8 Å². The number of ether oxygens (including phenoxy) is 1. The number of alkyl halides is 2. The lowest BCUT2D eigenvalue weighted by molar-refractivity contribution is -0.0442. The largest absolute Gasteiger partial charge is 0.488 e. The Balaban J connectivity index is 1.62. The number of aromatic nitrogens is 1. The maximum atomic E-state index is 15.3. The smallest absolute Gasteiger partial charge is 0.260 e. The molecule has 5 rings (SSSR count). The maximum Gasteiger partial charge on any atom is 0.260 e. The summed E-state index contributed by atoms with van der Waals surface area (Å²) < 4.78 is 79.0. The number of benzene rings is 2. The van der Waals surface area contributed by atoms with Gasteiger partial charge in [0.15, 0.2) is 0 Å². The first kappa shape index (κ1) is 22.2. The number of halogens is 5. The second-order valence-electron chi connectivity index (χ2n) is 8.74. The van der Waals surface area contributed by atoms with Crippen LogP contribution in [-0.4, -0.2) is 48.1 Å². The summed E-state index contributed by atoms with van der Waals surface area (Å²) in [4.78, 5) is 4.52. The van der Waals surface area contributed by atoms with Crippen molar-refractivity contribution in [1.29, 1.82) is 0 Å². The van der Waals surface area contributed by atoms with Gasteiger partial charge in [-0.1, -0.05) is 6.92 Å². The van der Waals surface area contributed by atoms with Crippen LogP contribution in [0.15, 0.2) is 30.3 Å². The second-order valence-corrected chi connectivity index (χ2v) is 8.74. The van der Waals surface area contributed by atoms with Crippen LogP contribution in [0.5, 0.6) is 5.75 Å². The molecule has 0 unspecified atom stereocenters. The van der Waals surface area contributed by atoms with Crippen LogP contribution in [-0.2, 0) is 6.42 Å². The van der Waals surface area contributed by atoms with E-state index >= 15 is 8.78 Å². The van der Waals surface area contributed by atoms with Crippen LogP contribution >= 0.6 is 0 Å². The number of nitrogens with one attached hydrogen (secondary N) is 2. The molecule has 1 fully saturated rings. The van der Waals surface area contributed by atoms with E-state index in [0.717, 1.165) is 12.1 Å². The van der Waals surface area contributed by atoms with Crippen LogP contribution in [0.1, 0.15) is 36.2 Å². The second kappa shape index (κ2) is 8.29. The number of nitrogens with zero attached hydrogens (tertiary/aromatic N) is 1. The summed E-state index contributed by atoms with van der Waals surface area (Å²) in [5, 5.41) is 3.61. The number of rotatable bonds is 6. The number of H-pyrrole nitrogens is 1. The standard InChI is InChI=1S/C24H24F5N3O/c1-2-24(28,29)12-32-6-5-16-17-7-13(25)3-4-20(17)31-22(16)23(32)21-18(26)8-14(9-19(21)27)33-15-10-30-11-15/h3-4,7-9,15,23,30-31H,2,5-6,10-12H2,1H3/t23-/m0/s1. The number of hydrogen-bond acceptors (Lipinski definition) is 3. The van der Waals surface area contributed by atoms with Gasteiger partial charge in [0.25, 0.3) is 5.92 Å². The van der Waals surface area contributed by atoms with Gasteiger partial charge in [-0.05, 0) is 30.2 Å². The van der Waals surface area contributed by atoms with Gasteiger partial charge in [0.1, 0.15) is 29.3 Å². The van der Waals surface area contributed by atoms with Gasteiger partial charge < -0.3 is 15.0 Å². The first-order valence-electron chi connectivity index (χ1n) is 11.0. The maximum absolute atomic E-state index is 15.3. The zero-order valence-electron chi connectivity index (χ0n) is 18.0. The molecule has 2 aliphatic heterocycles. The van der Waals surface area contributed by atoms with E-state index in [-0.39, 0.29) is 24.0 Å². The molecule has 3 aromatic rings. The number of aromatic amines is 1. The van der Waals surface area contributed by atoms with Crippen LogP contribution in [0.3, 0.4) is 0 Å². The Bertz CT molecular complexity index is 1170. The summed E-state index contributed by atoms with van der Waals surface area (Å²) in [6.45, 7) is 2.05. The van der Waals surface area contributed by atoms with Crippen molar-refractivity contribution in [3.63, 3.8) is 0 Å². The number of fused-ring (bicyclic) bond motifs is 3. The van der Waals surface area contributed by atoms with Crippen molar-refractivity contribution in [1.82, 2.24) is 15.2 Å². The number of hydrogen-bond donors (Lipinski definition) is 2. The molecular formula is C24H24F5N3O. The molecule has 33 heavy (non-hydrogen) atoms. The minimum atomic E-state index is -3.03. The van der Waals surface area contributed by atoms with Crippen molar-refractivity contribution in [2.24, 2.45) is 0 Å². The Hall–Kier alpha value is -2.65. The zero-order valence-corrected chi connectivity index (χ0v) is 18.0. The summed E-state index contributed by atoms with van der Waals surface area (Å²) in [5.74, 6) is -5.15. The first-order chi connectivity index (χ1) is 15.8. The topological polar surface area (TPSA) is 40.3 Å². The summed E-state index contributed by atoms with van der Waals surface area (Å²) in [7, 11) is 0. The third-order valence-electron chi connectivity index (χ3n) is 6.51. The fraction of sp³-hybridized carbons (Fsp3) is 0.417. The average molecular weight is 465 g/mol. The van der Waals surface area contributed by atoms with E-state index < -0.39 is 42.4 Å². The highest BCUT2D eigenvalue weighted by Crippen LogP contribution is 2.42. The van der Waals surface area contributed by atoms with Crippen LogP contribution in [0.4, 0.5) is 22.0 Å². The fourth-order valence-electron chi connectivity index (χ4n) is 4.65. The molecule has 1 aromatic heterocycles. The molecule has 0 radical (unpaired) electrons. The lowest BCUT2D eigenvalue weighted by Crippen LogP contribution is -2.50. The van der Waals surface area contributed by atoms with E-state index in [2.05, 4.69) is 10.3 Å². The van der Waals surface area contributed by atoms with Crippen LogP contribution in [0.25, 0.3) is 10.9 Å². The van der Waals surface area contributed by atoms with Gasteiger partial charge in [-0.25, -0.2) is 22.0 Å². The minimum Gasteiger partial charge on any atom is -0.488 e. The molecule has 4 nitrogen and oxygen atoms in total. The summed E-state index contributed by atoms with van der Waals surface area (Å²) in [6, 6.07) is 5.27. The van der Waals surface area contributed by atoms with Gasteiger partial charge in [0.05, 0.1) is 12.6 Å². The van der Waals surface area contributed by atoms with Crippen LogP contribution in [0, 0.1) is 17.5 Å². The third-order valence-corrected chi connectivity index (χ3v) is 6.51. The lowest BCUT2D eigenvalue weighted by atomic mass is 9.91. The molecule has 0 spiro atoms. The summed E-state index contributed by atoms with van der Waals surface area (Å²) in [5.41, 5.74) is 1.36. The minimum absolute atomic E-state index is 0.0560. The Morgan fingerprint density at radius 2 is 1.82 bits per heavy atom. The first-order valence-corrected chi connectivity index (χ1v) is 11.0. The van der Waals surface area contributed by atoms with Crippen molar-refractivity contribution in [3.8, 4) is 5.75 Å². The molecule has 2 aromatic carbocycles. The molecule has 9 heteroatoms. The van der Waals surface area contributed by atoms with E-state index in [1.54, 1.807) is 6.07 Å². The van der Waals surface area contributed by atoms with Gasteiger partial charge in [-0.2, -0.15) is 0 Å². The van der Waals surface area contributed by atoms with Crippen molar-refractivity contribution >= 4 is 10.9 Å². The van der Waals surface area contributed by atoms with Crippen molar-refractivity contribution in [2.75, 3.05) is 26.2 Å². The Morgan fingerprint density at radius 1 is 1.09 bits per heavy atom. The highest BCUT2D eigenvalue weighted by molar-refractivity contribution is 5.85. The van der Waals surface area contributed by atoms with E-state index in [9.17, 15) is 13.2 Å². The fourth-order valence-corrected chi connectivity index (χ4v) is 4.65. The van der Waals surface area contributed by atoms with E-state index in [0.29, 0.717) is 41.7 Å². The highest BCUT2D eigenvalue weighted by Gasteiger charge is 2.40. The van der Waals surface area contributed by atoms with E-state index in [1.165, 1.54) is 24.0 Å². The molecular weight excluding hydrogens is 441 g/mol. The van der Waals surface area contributed by atoms with Gasteiger partial charge in [0, 0.05) is 60.3 Å². The monoisotopic (exact) mass is 465 g/mol. The molecule has 0 saturated carbocycles. The van der Waals surface area contributed by atoms with E-state index in [1.807, 2.05) is 0 Å². The highest BCUT2D eigenvalue weighted by atomic mass is 19.3. The molecule has 2 N–H and O–H groups in total. The van der Waals surface area contributed by atoms with Gasteiger partial charge >= 0.3 is 0 Å². The van der Waals surface area contributed by atoms with Crippen LogP contribution < -0.4 is 10.1 Å². The molecule has 1 atom stereocenters. The summed E-state index contributed by atoms with van der Waals surface area (Å²) in [6.07, 6.45) is -0.207. The SMILES string of the molecule is CCC(F)(F)CN1CCc2c([nH]c3ccc(F)cc23)[C@@H]1c1c(F)cc(OC2CNC2)cc1F. The molecule has 176 valence electrons. The Labute approximate surface area is 187 Å². The van der Waals surface area contributed by atoms with E-state index in [4.69, 9.17) is 4.74 Å². The Kier molecular flexibility index (Phi) is 5.56. The summed E-state index contributed by atoms with van der Waals surface area (Å²) >= 11 is 0. The van der Waals surface area contributed by atoms with Crippen molar-refractivity contribution < 1.29 is 26.7 Å². The predicted molar refractivity (Wildman–Crippen MR) is 114 cm³/mol. The van der Waals surface area contributed by atoms with Gasteiger partial charge in [-0.15, -0.1) is 0 Å². The lowest BCUT2D eigenvalue weighted by Gasteiger charge is -2.38.